The van der Waals surface area contributed by atoms with Crippen LogP contribution in [0.3, 0.4) is 0 Å². The van der Waals surface area contributed by atoms with Gasteiger partial charge in [-0.2, -0.15) is 8.42 Å². The zero-order valence-corrected chi connectivity index (χ0v) is 20.4. The molecule has 3 aliphatic rings. The third kappa shape index (κ3) is 5.20. The smallest absolute Gasteiger partial charge is 0.317 e. The normalized spacial score (nSPS) is 19.7. The van der Waals surface area contributed by atoms with E-state index in [1.165, 1.54) is 52.6 Å². The van der Waals surface area contributed by atoms with Crippen molar-refractivity contribution in [2.75, 3.05) is 13.1 Å². The average Bonchev–Trinajstić information content (AvgIpc) is 3.21. The number of hydrogen-bond acceptors (Lipinski definition) is 5. The number of aryl methyl sites for hydroxylation is 1. The summed E-state index contributed by atoms with van der Waals surface area (Å²) in [5.41, 5.74) is 5.20. The summed E-state index contributed by atoms with van der Waals surface area (Å²) in [4.78, 5) is 5.03. The molecule has 2 fully saturated rings. The van der Waals surface area contributed by atoms with Gasteiger partial charge in [0.1, 0.15) is 5.65 Å². The molecule has 0 radical (unpaired) electrons. The molecule has 6 rings (SSSR count). The Balaban J connectivity index is 0.000000186. The number of benzene rings is 1. The molecule has 3 aromatic rings. The van der Waals surface area contributed by atoms with Gasteiger partial charge in [-0.05, 0) is 74.4 Å². The number of rotatable bonds is 3. The Hall–Kier alpha value is -2.26. The Bertz CT molecular complexity index is 1290. The number of nitrogens with two attached hydrogens (primary N) is 1. The van der Waals surface area contributed by atoms with Crippen LogP contribution in [-0.4, -0.2) is 37.0 Å². The lowest BCUT2D eigenvalue weighted by Gasteiger charge is -2.25. The largest absolute Gasteiger partial charge is 0.333 e. The molecule has 2 aliphatic carbocycles. The highest BCUT2D eigenvalue weighted by molar-refractivity contribution is 7.84. The maximum atomic E-state index is 10.5. The van der Waals surface area contributed by atoms with Gasteiger partial charge < -0.3 is 9.72 Å². The molecule has 1 saturated heterocycles. The van der Waals surface area contributed by atoms with Crippen molar-refractivity contribution in [1.82, 2.24) is 14.7 Å². The van der Waals surface area contributed by atoms with Crippen LogP contribution in [0.5, 0.6) is 0 Å². The minimum atomic E-state index is -3.72. The van der Waals surface area contributed by atoms with E-state index in [0.29, 0.717) is 5.92 Å². The van der Waals surface area contributed by atoms with Gasteiger partial charge in [-0.1, -0.05) is 49.6 Å². The number of imidazole rings is 1. The molecule has 8 heteroatoms. The van der Waals surface area contributed by atoms with E-state index < -0.39 is 10.3 Å². The molecular weight excluding hydrogens is 448 g/mol. The van der Waals surface area contributed by atoms with Crippen LogP contribution < -0.4 is 10.5 Å². The molecule has 0 bridgehead atoms. The molecule has 2 aromatic heterocycles. The van der Waals surface area contributed by atoms with Crippen LogP contribution in [0.25, 0.3) is 22.5 Å². The van der Waals surface area contributed by atoms with Gasteiger partial charge in [-0.15, -0.1) is 0 Å². The Morgan fingerprint density at radius 1 is 1.06 bits per heavy atom. The van der Waals surface area contributed by atoms with Gasteiger partial charge in [-0.3, -0.25) is 4.18 Å². The first-order valence-corrected chi connectivity index (χ1v) is 14.0. The third-order valence-corrected chi connectivity index (χ3v) is 7.73. The van der Waals surface area contributed by atoms with E-state index in [0.717, 1.165) is 51.6 Å². The van der Waals surface area contributed by atoms with Crippen LogP contribution in [0.4, 0.5) is 0 Å². The van der Waals surface area contributed by atoms with E-state index in [-0.39, 0.29) is 6.10 Å². The zero-order chi connectivity index (χ0) is 23.5. The van der Waals surface area contributed by atoms with Crippen LogP contribution in [0.1, 0.15) is 74.2 Å². The van der Waals surface area contributed by atoms with E-state index in [1.54, 1.807) is 0 Å². The summed E-state index contributed by atoms with van der Waals surface area (Å²) in [6.07, 6.45) is 16.1. The molecular formula is C26H34N4O3S. The minimum Gasteiger partial charge on any atom is -0.317 e. The van der Waals surface area contributed by atoms with Gasteiger partial charge in [0.25, 0.3) is 0 Å². The maximum absolute atomic E-state index is 10.5. The third-order valence-electron chi connectivity index (χ3n) is 7.19. The highest BCUT2D eigenvalue weighted by Gasteiger charge is 2.24. The molecule has 3 N–H and O–H groups in total. The second kappa shape index (κ2) is 10.2. The zero-order valence-electron chi connectivity index (χ0n) is 19.6. The van der Waals surface area contributed by atoms with Gasteiger partial charge in [0, 0.05) is 11.8 Å². The fourth-order valence-electron chi connectivity index (χ4n) is 5.59. The van der Waals surface area contributed by atoms with Crippen molar-refractivity contribution in [1.29, 1.82) is 0 Å². The molecule has 0 unspecified atom stereocenters. The van der Waals surface area contributed by atoms with Crippen LogP contribution in [0.15, 0.2) is 36.5 Å². The number of fused-ring (bicyclic) bond motifs is 4. The van der Waals surface area contributed by atoms with Gasteiger partial charge in [0.05, 0.1) is 17.5 Å². The number of nitrogens with one attached hydrogen (secondary N) is 1. The lowest BCUT2D eigenvalue weighted by Crippen LogP contribution is -2.27. The van der Waals surface area contributed by atoms with Crippen molar-refractivity contribution in [3.63, 3.8) is 0 Å². The molecule has 0 atom stereocenters. The van der Waals surface area contributed by atoms with Crippen LogP contribution in [0, 0.1) is 0 Å². The summed E-state index contributed by atoms with van der Waals surface area (Å²) in [6, 6.07) is 8.82. The second-order valence-electron chi connectivity index (χ2n) is 9.58. The van der Waals surface area contributed by atoms with Crippen molar-refractivity contribution in [3.05, 3.63) is 53.5 Å². The summed E-state index contributed by atoms with van der Waals surface area (Å²) in [6.45, 7) is 2.22. The lowest BCUT2D eigenvalue weighted by molar-refractivity contribution is 0.162. The number of aromatic nitrogens is 2. The fourth-order valence-corrected chi connectivity index (χ4v) is 6.16. The number of piperidine rings is 1. The number of hydrogen-bond donors (Lipinski definition) is 2. The molecule has 182 valence electrons. The predicted octanol–water partition coefficient (Wildman–Crippen LogP) is 4.45. The van der Waals surface area contributed by atoms with Crippen molar-refractivity contribution in [2.45, 2.75) is 69.8 Å². The maximum Gasteiger partial charge on any atom is 0.333 e. The van der Waals surface area contributed by atoms with E-state index in [4.69, 9.17) is 10.1 Å². The first kappa shape index (κ1) is 23.5. The summed E-state index contributed by atoms with van der Waals surface area (Å²) >= 11 is 0. The van der Waals surface area contributed by atoms with Crippen molar-refractivity contribution >= 4 is 32.8 Å². The van der Waals surface area contributed by atoms with E-state index in [9.17, 15) is 8.42 Å². The van der Waals surface area contributed by atoms with Crippen LogP contribution in [0.2, 0.25) is 0 Å². The van der Waals surface area contributed by atoms with E-state index in [2.05, 4.69) is 56.5 Å². The molecule has 1 aromatic carbocycles. The molecule has 1 saturated carbocycles. The molecule has 1 aliphatic heterocycles. The fraction of sp³-hybridized carbons (Fsp3) is 0.500. The topological polar surface area (TPSA) is 98.7 Å². The summed E-state index contributed by atoms with van der Waals surface area (Å²) in [5.74, 6) is 0.609. The van der Waals surface area contributed by atoms with Crippen LogP contribution >= 0.6 is 0 Å². The van der Waals surface area contributed by atoms with Gasteiger partial charge in [0.2, 0.25) is 0 Å². The first-order valence-electron chi connectivity index (χ1n) is 12.5. The summed E-state index contributed by atoms with van der Waals surface area (Å²) < 4.78 is 27.9. The van der Waals surface area contributed by atoms with Gasteiger partial charge >= 0.3 is 10.3 Å². The number of nitrogens with zero attached hydrogens (tertiary/aromatic N) is 2. The Kier molecular flexibility index (Phi) is 7.01. The standard InChI is InChI=1S/C20H21N3.C6H13NO3S/c1-2-6-16-15(5-1)13-23-18-8-4-3-7-17(18)22-20(23)19(16)14-9-11-21-12-10-14;7-11(8,9)10-6-4-2-1-3-5-6/h1-3,5-7,13-14,21H,4,8-12H2;6H,1-5H2,(H2,7,8,9). The Morgan fingerprint density at radius 3 is 2.59 bits per heavy atom. The summed E-state index contributed by atoms with van der Waals surface area (Å²) in [5, 5.41) is 10.9. The van der Waals surface area contributed by atoms with Crippen molar-refractivity contribution < 1.29 is 12.6 Å². The molecule has 34 heavy (non-hydrogen) atoms. The monoisotopic (exact) mass is 482 g/mol. The van der Waals surface area contributed by atoms with Crippen molar-refractivity contribution in [2.24, 2.45) is 5.14 Å². The molecule has 7 nitrogen and oxygen atoms in total. The highest BCUT2D eigenvalue weighted by Crippen LogP contribution is 2.36. The SMILES string of the molecule is C1=Cc2nc3c(C4CCNCC4)c4ccccc4cn3c2CC1.NS(=O)(=O)OC1CCCCC1. The molecule has 0 spiro atoms. The van der Waals surface area contributed by atoms with Gasteiger partial charge in [0.15, 0.2) is 0 Å². The molecule has 3 heterocycles. The highest BCUT2D eigenvalue weighted by atomic mass is 32.2. The Morgan fingerprint density at radius 2 is 1.82 bits per heavy atom. The second-order valence-corrected chi connectivity index (χ2v) is 10.8. The average molecular weight is 483 g/mol. The predicted molar refractivity (Wildman–Crippen MR) is 136 cm³/mol. The lowest BCUT2D eigenvalue weighted by atomic mass is 9.88. The van der Waals surface area contributed by atoms with Crippen LogP contribution in [-0.2, 0) is 20.9 Å². The number of pyridine rings is 1. The quantitative estimate of drug-likeness (QED) is 0.575. The first-order chi connectivity index (χ1) is 16.5. The Labute approximate surface area is 201 Å². The van der Waals surface area contributed by atoms with E-state index in [1.807, 2.05) is 0 Å². The minimum absolute atomic E-state index is 0.168. The molecule has 0 amide bonds. The van der Waals surface area contributed by atoms with Gasteiger partial charge in [-0.25, -0.2) is 10.1 Å². The van der Waals surface area contributed by atoms with Crippen molar-refractivity contribution in [3.8, 4) is 0 Å². The number of allylic oxidation sites excluding steroid dienone is 1. The van der Waals surface area contributed by atoms with E-state index >= 15 is 0 Å². The summed E-state index contributed by atoms with van der Waals surface area (Å²) in [7, 11) is -3.72.